The largest absolute Gasteiger partial charge is 0.390 e. The molecule has 1 nitrogen and oxygen atoms in total. The summed E-state index contributed by atoms with van der Waals surface area (Å²) in [6.07, 6.45) is 7.58. The summed E-state index contributed by atoms with van der Waals surface area (Å²) in [6.45, 7) is 2.19. The monoisotopic (exact) mass is 282 g/mol. The number of hydrogen-bond donors (Lipinski definition) is 1. The summed E-state index contributed by atoms with van der Waals surface area (Å²) in [5.41, 5.74) is -0.0763. The Morgan fingerprint density at radius 3 is 2.70 bits per heavy atom. The molecular weight excluding hydrogens is 258 g/mol. The minimum Gasteiger partial charge on any atom is -0.390 e. The van der Waals surface area contributed by atoms with E-state index in [9.17, 15) is 13.9 Å². The third kappa shape index (κ3) is 4.02. The molecule has 2 rings (SSSR count). The molecule has 2 unspecified atom stereocenters. The van der Waals surface area contributed by atoms with E-state index in [-0.39, 0.29) is 0 Å². The Morgan fingerprint density at radius 2 is 2.00 bits per heavy atom. The average Bonchev–Trinajstić information content (AvgIpc) is 2.57. The van der Waals surface area contributed by atoms with E-state index in [0.717, 1.165) is 31.7 Å². The molecule has 0 aromatic heterocycles. The first kappa shape index (κ1) is 15.4. The summed E-state index contributed by atoms with van der Waals surface area (Å²) >= 11 is 0. The Bertz CT molecular complexity index is 447. The fourth-order valence-corrected chi connectivity index (χ4v) is 3.37. The predicted molar refractivity (Wildman–Crippen MR) is 76.5 cm³/mol. The third-order valence-corrected chi connectivity index (χ3v) is 4.49. The van der Waals surface area contributed by atoms with Gasteiger partial charge in [0.15, 0.2) is 11.6 Å². The maximum absolute atomic E-state index is 13.2. The van der Waals surface area contributed by atoms with Crippen molar-refractivity contribution in [2.45, 2.75) is 63.9 Å². The van der Waals surface area contributed by atoms with E-state index in [2.05, 4.69) is 6.92 Å². The summed E-state index contributed by atoms with van der Waals surface area (Å²) in [5, 5.41) is 10.7. The number of benzene rings is 1. The summed E-state index contributed by atoms with van der Waals surface area (Å²) in [7, 11) is 0. The molecule has 1 aliphatic rings. The molecule has 1 saturated carbocycles. The standard InChI is InChI=1S/C17H24F2O/c1-2-4-13-5-3-9-17(20,10-8-13)12-14-6-7-15(18)16(19)11-14/h6-7,11,13,20H,2-5,8-10,12H2,1H3. The van der Waals surface area contributed by atoms with Gasteiger partial charge in [-0.15, -0.1) is 0 Å². The van der Waals surface area contributed by atoms with Crippen molar-refractivity contribution in [3.05, 3.63) is 35.4 Å². The van der Waals surface area contributed by atoms with Crippen LogP contribution in [0, 0.1) is 17.6 Å². The van der Waals surface area contributed by atoms with Gasteiger partial charge in [-0.1, -0.05) is 38.7 Å². The summed E-state index contributed by atoms with van der Waals surface area (Å²) < 4.78 is 26.2. The molecule has 2 atom stereocenters. The van der Waals surface area contributed by atoms with E-state index in [1.54, 1.807) is 6.07 Å². The Labute approximate surface area is 120 Å². The SMILES string of the molecule is CCCC1CCCC(O)(Cc2ccc(F)c(F)c2)CC1. The molecule has 0 spiro atoms. The van der Waals surface area contributed by atoms with Gasteiger partial charge in [0.1, 0.15) is 0 Å². The second kappa shape index (κ2) is 6.66. The molecule has 112 valence electrons. The highest BCUT2D eigenvalue weighted by Gasteiger charge is 2.31. The highest BCUT2D eigenvalue weighted by molar-refractivity contribution is 5.19. The second-order valence-electron chi connectivity index (χ2n) is 6.24. The van der Waals surface area contributed by atoms with Crippen LogP contribution in [0.3, 0.4) is 0 Å². The van der Waals surface area contributed by atoms with Crippen molar-refractivity contribution >= 4 is 0 Å². The first-order chi connectivity index (χ1) is 9.52. The Morgan fingerprint density at radius 1 is 1.20 bits per heavy atom. The van der Waals surface area contributed by atoms with Crippen molar-refractivity contribution < 1.29 is 13.9 Å². The highest BCUT2D eigenvalue weighted by atomic mass is 19.2. The van der Waals surface area contributed by atoms with Crippen LogP contribution in [-0.4, -0.2) is 10.7 Å². The minimum absolute atomic E-state index is 0.420. The lowest BCUT2D eigenvalue weighted by molar-refractivity contribution is 0.0240. The van der Waals surface area contributed by atoms with Gasteiger partial charge in [-0.05, 0) is 42.9 Å². The van der Waals surface area contributed by atoms with Crippen LogP contribution in [-0.2, 0) is 6.42 Å². The van der Waals surface area contributed by atoms with Gasteiger partial charge in [0.2, 0.25) is 0 Å². The van der Waals surface area contributed by atoms with E-state index in [1.165, 1.54) is 25.3 Å². The minimum atomic E-state index is -0.830. The molecule has 0 saturated heterocycles. The molecule has 1 aliphatic carbocycles. The Balaban J connectivity index is 2.01. The van der Waals surface area contributed by atoms with Crippen molar-refractivity contribution in [3.8, 4) is 0 Å². The zero-order chi connectivity index (χ0) is 14.6. The van der Waals surface area contributed by atoms with Crippen LogP contribution in [0.25, 0.3) is 0 Å². The molecule has 1 N–H and O–H groups in total. The lowest BCUT2D eigenvalue weighted by Gasteiger charge is -2.27. The van der Waals surface area contributed by atoms with Crippen molar-refractivity contribution in [2.75, 3.05) is 0 Å². The lowest BCUT2D eigenvalue weighted by Crippen LogP contribution is -2.30. The Kier molecular flexibility index (Phi) is 5.14. The van der Waals surface area contributed by atoms with Crippen LogP contribution in [0.2, 0.25) is 0 Å². The zero-order valence-electron chi connectivity index (χ0n) is 12.2. The first-order valence-corrected chi connectivity index (χ1v) is 7.69. The van der Waals surface area contributed by atoms with Gasteiger partial charge in [-0.25, -0.2) is 8.78 Å². The zero-order valence-corrected chi connectivity index (χ0v) is 12.2. The molecule has 0 bridgehead atoms. The number of rotatable bonds is 4. The molecule has 0 radical (unpaired) electrons. The lowest BCUT2D eigenvalue weighted by atomic mass is 9.86. The smallest absolute Gasteiger partial charge is 0.159 e. The molecule has 1 aromatic rings. The van der Waals surface area contributed by atoms with Crippen molar-refractivity contribution in [1.82, 2.24) is 0 Å². The summed E-state index contributed by atoms with van der Waals surface area (Å²) in [5.74, 6) is -0.952. The molecule has 0 amide bonds. The molecule has 1 fully saturated rings. The normalized spacial score (nSPS) is 27.3. The molecule has 1 aromatic carbocycles. The van der Waals surface area contributed by atoms with Gasteiger partial charge in [0.25, 0.3) is 0 Å². The van der Waals surface area contributed by atoms with Crippen LogP contribution >= 0.6 is 0 Å². The molecule has 20 heavy (non-hydrogen) atoms. The van der Waals surface area contributed by atoms with Gasteiger partial charge < -0.3 is 5.11 Å². The van der Waals surface area contributed by atoms with Gasteiger partial charge in [0.05, 0.1) is 5.60 Å². The van der Waals surface area contributed by atoms with E-state index in [4.69, 9.17) is 0 Å². The van der Waals surface area contributed by atoms with E-state index in [0.29, 0.717) is 17.9 Å². The van der Waals surface area contributed by atoms with Gasteiger partial charge in [-0.2, -0.15) is 0 Å². The van der Waals surface area contributed by atoms with Crippen molar-refractivity contribution in [2.24, 2.45) is 5.92 Å². The summed E-state index contributed by atoms with van der Waals surface area (Å²) in [4.78, 5) is 0. The molecule has 3 heteroatoms. The van der Waals surface area contributed by atoms with Crippen LogP contribution in [0.1, 0.15) is 57.4 Å². The van der Waals surface area contributed by atoms with E-state index >= 15 is 0 Å². The van der Waals surface area contributed by atoms with Crippen LogP contribution in [0.4, 0.5) is 8.78 Å². The topological polar surface area (TPSA) is 20.2 Å². The quantitative estimate of drug-likeness (QED) is 0.799. The maximum atomic E-state index is 13.2. The number of hydrogen-bond acceptors (Lipinski definition) is 1. The predicted octanol–water partition coefficient (Wildman–Crippen LogP) is 4.62. The third-order valence-electron chi connectivity index (χ3n) is 4.49. The van der Waals surface area contributed by atoms with Gasteiger partial charge in [0, 0.05) is 6.42 Å². The van der Waals surface area contributed by atoms with Gasteiger partial charge in [-0.3, -0.25) is 0 Å². The van der Waals surface area contributed by atoms with Crippen molar-refractivity contribution in [3.63, 3.8) is 0 Å². The van der Waals surface area contributed by atoms with Crippen molar-refractivity contribution in [1.29, 1.82) is 0 Å². The summed E-state index contributed by atoms with van der Waals surface area (Å²) in [6, 6.07) is 3.93. The van der Waals surface area contributed by atoms with Crippen LogP contribution in [0.15, 0.2) is 18.2 Å². The maximum Gasteiger partial charge on any atom is 0.159 e. The second-order valence-corrected chi connectivity index (χ2v) is 6.24. The van der Waals surface area contributed by atoms with Gasteiger partial charge >= 0.3 is 0 Å². The van der Waals surface area contributed by atoms with E-state index < -0.39 is 17.2 Å². The number of halogens is 2. The first-order valence-electron chi connectivity index (χ1n) is 7.69. The highest BCUT2D eigenvalue weighted by Crippen LogP contribution is 2.34. The molecule has 0 aliphatic heterocycles. The average molecular weight is 282 g/mol. The van der Waals surface area contributed by atoms with Crippen LogP contribution in [0.5, 0.6) is 0 Å². The molecular formula is C17H24F2O. The van der Waals surface area contributed by atoms with Crippen LogP contribution < -0.4 is 0 Å². The molecule has 0 heterocycles. The number of aliphatic hydroxyl groups is 1. The fourth-order valence-electron chi connectivity index (χ4n) is 3.37. The Hall–Kier alpha value is -0.960. The fraction of sp³-hybridized carbons (Fsp3) is 0.647. The van der Waals surface area contributed by atoms with E-state index in [1.807, 2.05) is 0 Å².